The second-order valence-electron chi connectivity index (χ2n) is 5.31. The molecule has 20 heavy (non-hydrogen) atoms. The van der Waals surface area contributed by atoms with Crippen LogP contribution in [0.15, 0.2) is 41.2 Å². The molecule has 0 atom stereocenters. The van der Waals surface area contributed by atoms with Crippen LogP contribution in [0.4, 0.5) is 5.82 Å². The van der Waals surface area contributed by atoms with Crippen molar-refractivity contribution in [2.45, 2.75) is 31.6 Å². The highest BCUT2D eigenvalue weighted by Crippen LogP contribution is 2.37. The minimum Gasteiger partial charge on any atom is -0.370 e. The standard InChI is InChI=1S/C16H19N3O/c20-15-11-14(18-16(19-15)13-8-9-13)17-10-4-7-12-5-2-1-3-6-12/h1-3,5-6,11,13H,4,7-10H2,(H2,17,18,19,20). The molecule has 0 unspecified atom stereocenters. The second-order valence-corrected chi connectivity index (χ2v) is 5.31. The number of aromatic amines is 1. The van der Waals surface area contributed by atoms with Gasteiger partial charge in [-0.2, -0.15) is 0 Å². The molecule has 2 aromatic rings. The van der Waals surface area contributed by atoms with Gasteiger partial charge < -0.3 is 10.3 Å². The lowest BCUT2D eigenvalue weighted by atomic mass is 10.1. The third kappa shape index (κ3) is 3.47. The van der Waals surface area contributed by atoms with Gasteiger partial charge in [-0.15, -0.1) is 0 Å². The molecule has 4 heteroatoms. The van der Waals surface area contributed by atoms with Gasteiger partial charge in [-0.1, -0.05) is 30.3 Å². The van der Waals surface area contributed by atoms with Crippen molar-refractivity contribution in [2.24, 2.45) is 0 Å². The van der Waals surface area contributed by atoms with Crippen LogP contribution in [0.3, 0.4) is 0 Å². The molecule has 0 saturated heterocycles. The molecule has 1 aromatic heterocycles. The highest BCUT2D eigenvalue weighted by Gasteiger charge is 2.26. The zero-order valence-corrected chi connectivity index (χ0v) is 11.4. The zero-order chi connectivity index (χ0) is 13.8. The number of aryl methyl sites for hydroxylation is 1. The second kappa shape index (κ2) is 5.90. The summed E-state index contributed by atoms with van der Waals surface area (Å²) in [6.07, 6.45) is 4.34. The van der Waals surface area contributed by atoms with Crippen LogP contribution in [-0.2, 0) is 6.42 Å². The SMILES string of the molecule is O=c1cc(NCCCc2ccccc2)nc(C2CC2)[nH]1. The van der Waals surface area contributed by atoms with E-state index in [0.29, 0.717) is 11.7 Å². The Morgan fingerprint density at radius 2 is 2.05 bits per heavy atom. The van der Waals surface area contributed by atoms with Crippen molar-refractivity contribution in [1.82, 2.24) is 9.97 Å². The number of H-pyrrole nitrogens is 1. The zero-order valence-electron chi connectivity index (χ0n) is 11.4. The van der Waals surface area contributed by atoms with Crippen LogP contribution in [0.1, 0.15) is 36.6 Å². The van der Waals surface area contributed by atoms with Gasteiger partial charge in [0.1, 0.15) is 11.6 Å². The quantitative estimate of drug-likeness (QED) is 0.793. The number of aromatic nitrogens is 2. The number of nitrogens with zero attached hydrogens (tertiary/aromatic N) is 1. The Bertz CT molecular complexity index is 617. The first-order valence-corrected chi connectivity index (χ1v) is 7.20. The van der Waals surface area contributed by atoms with E-state index in [2.05, 4.69) is 39.6 Å². The summed E-state index contributed by atoms with van der Waals surface area (Å²) in [5.74, 6) is 2.00. The molecule has 1 fully saturated rings. The maximum atomic E-state index is 11.6. The molecule has 4 nitrogen and oxygen atoms in total. The van der Waals surface area contributed by atoms with Crippen molar-refractivity contribution >= 4 is 5.82 Å². The van der Waals surface area contributed by atoms with Crippen LogP contribution in [0, 0.1) is 0 Å². The van der Waals surface area contributed by atoms with Crippen LogP contribution < -0.4 is 10.9 Å². The van der Waals surface area contributed by atoms with Crippen LogP contribution in [0.25, 0.3) is 0 Å². The Kier molecular flexibility index (Phi) is 3.81. The largest absolute Gasteiger partial charge is 0.370 e. The highest BCUT2D eigenvalue weighted by molar-refractivity contribution is 5.33. The molecule has 1 heterocycles. The van der Waals surface area contributed by atoms with Gasteiger partial charge in [0.15, 0.2) is 0 Å². The highest BCUT2D eigenvalue weighted by atomic mass is 16.1. The fraction of sp³-hybridized carbons (Fsp3) is 0.375. The van der Waals surface area contributed by atoms with E-state index in [4.69, 9.17) is 0 Å². The molecular weight excluding hydrogens is 250 g/mol. The summed E-state index contributed by atoms with van der Waals surface area (Å²) in [5, 5.41) is 3.25. The Morgan fingerprint density at radius 3 is 2.80 bits per heavy atom. The predicted octanol–water partition coefficient (Wildman–Crippen LogP) is 2.69. The predicted molar refractivity (Wildman–Crippen MR) is 80.1 cm³/mol. The van der Waals surface area contributed by atoms with E-state index in [1.807, 2.05) is 6.07 Å². The molecule has 0 amide bonds. The number of hydrogen-bond acceptors (Lipinski definition) is 3. The summed E-state index contributed by atoms with van der Waals surface area (Å²) in [5.41, 5.74) is 1.28. The van der Waals surface area contributed by atoms with Crippen LogP contribution >= 0.6 is 0 Å². The van der Waals surface area contributed by atoms with Crippen LogP contribution in [-0.4, -0.2) is 16.5 Å². The number of nitrogens with one attached hydrogen (secondary N) is 2. The van der Waals surface area contributed by atoms with Crippen molar-refractivity contribution < 1.29 is 0 Å². The molecule has 1 aromatic carbocycles. The molecule has 0 radical (unpaired) electrons. The Labute approximate surface area is 118 Å². The summed E-state index contributed by atoms with van der Waals surface area (Å²) in [4.78, 5) is 18.9. The summed E-state index contributed by atoms with van der Waals surface area (Å²) in [6, 6.07) is 12.0. The van der Waals surface area contributed by atoms with E-state index in [0.717, 1.165) is 38.1 Å². The van der Waals surface area contributed by atoms with Gasteiger partial charge in [-0.05, 0) is 31.2 Å². The summed E-state index contributed by atoms with van der Waals surface area (Å²) < 4.78 is 0. The normalized spacial score (nSPS) is 14.2. The van der Waals surface area contributed by atoms with Gasteiger partial charge >= 0.3 is 0 Å². The molecule has 1 saturated carbocycles. The van der Waals surface area contributed by atoms with Gasteiger partial charge in [-0.3, -0.25) is 4.79 Å². The monoisotopic (exact) mass is 269 g/mol. The van der Waals surface area contributed by atoms with Crippen LogP contribution in [0.2, 0.25) is 0 Å². The molecule has 3 rings (SSSR count). The van der Waals surface area contributed by atoms with Crippen LogP contribution in [0.5, 0.6) is 0 Å². The lowest BCUT2D eigenvalue weighted by Gasteiger charge is -2.07. The summed E-state index contributed by atoms with van der Waals surface area (Å²) >= 11 is 0. The first-order valence-electron chi connectivity index (χ1n) is 7.20. The molecule has 0 bridgehead atoms. The number of rotatable bonds is 6. The molecule has 2 N–H and O–H groups in total. The molecule has 104 valence electrons. The maximum absolute atomic E-state index is 11.6. The first-order chi connectivity index (χ1) is 9.81. The lowest BCUT2D eigenvalue weighted by molar-refractivity contribution is 0.847. The van der Waals surface area contributed by atoms with Crippen molar-refractivity contribution in [2.75, 3.05) is 11.9 Å². The van der Waals surface area contributed by atoms with Crippen molar-refractivity contribution in [1.29, 1.82) is 0 Å². The maximum Gasteiger partial charge on any atom is 0.252 e. The molecule has 1 aliphatic rings. The van der Waals surface area contributed by atoms with E-state index in [9.17, 15) is 4.79 Å². The minimum atomic E-state index is -0.0625. The van der Waals surface area contributed by atoms with Gasteiger partial charge in [0.25, 0.3) is 5.56 Å². The fourth-order valence-electron chi connectivity index (χ4n) is 2.27. The minimum absolute atomic E-state index is 0.0625. The number of benzene rings is 1. The average Bonchev–Trinajstić information content (AvgIpc) is 3.29. The topological polar surface area (TPSA) is 57.8 Å². The molecule has 0 aliphatic heterocycles. The number of anilines is 1. The summed E-state index contributed by atoms with van der Waals surface area (Å²) in [7, 11) is 0. The lowest BCUT2D eigenvalue weighted by Crippen LogP contribution is -2.14. The van der Waals surface area contributed by atoms with Gasteiger partial charge in [-0.25, -0.2) is 4.98 Å². The van der Waals surface area contributed by atoms with E-state index in [1.165, 1.54) is 11.6 Å². The Morgan fingerprint density at radius 1 is 1.25 bits per heavy atom. The smallest absolute Gasteiger partial charge is 0.252 e. The third-order valence-electron chi connectivity index (χ3n) is 3.52. The van der Waals surface area contributed by atoms with Gasteiger partial charge in [0, 0.05) is 18.5 Å². The third-order valence-corrected chi connectivity index (χ3v) is 3.52. The summed E-state index contributed by atoms with van der Waals surface area (Å²) in [6.45, 7) is 0.829. The Balaban J connectivity index is 1.52. The fourth-order valence-corrected chi connectivity index (χ4v) is 2.27. The molecular formula is C16H19N3O. The van der Waals surface area contributed by atoms with Gasteiger partial charge in [0.2, 0.25) is 0 Å². The van der Waals surface area contributed by atoms with E-state index < -0.39 is 0 Å². The van der Waals surface area contributed by atoms with E-state index in [-0.39, 0.29) is 5.56 Å². The van der Waals surface area contributed by atoms with Crippen molar-refractivity contribution in [3.05, 3.63) is 58.1 Å². The van der Waals surface area contributed by atoms with Crippen molar-refractivity contribution in [3.63, 3.8) is 0 Å². The van der Waals surface area contributed by atoms with E-state index in [1.54, 1.807) is 0 Å². The van der Waals surface area contributed by atoms with Crippen molar-refractivity contribution in [3.8, 4) is 0 Å². The first kappa shape index (κ1) is 12.9. The van der Waals surface area contributed by atoms with Gasteiger partial charge in [0.05, 0.1) is 0 Å². The molecule has 1 aliphatic carbocycles. The molecule has 0 spiro atoms. The number of hydrogen-bond donors (Lipinski definition) is 2. The van der Waals surface area contributed by atoms with E-state index >= 15 is 0 Å². The average molecular weight is 269 g/mol. The Hall–Kier alpha value is -2.10.